The summed E-state index contributed by atoms with van der Waals surface area (Å²) in [6.07, 6.45) is 4.23. The van der Waals surface area contributed by atoms with Gasteiger partial charge in [0.25, 0.3) is 0 Å². The van der Waals surface area contributed by atoms with Crippen molar-refractivity contribution in [1.82, 2.24) is 39.2 Å². The number of ether oxygens (including phenoxy) is 4. The van der Waals surface area contributed by atoms with Crippen LogP contribution in [-0.2, 0) is 12.8 Å². The van der Waals surface area contributed by atoms with Crippen LogP contribution in [0.4, 0.5) is 0 Å². The Morgan fingerprint density at radius 2 is 0.625 bits per heavy atom. The van der Waals surface area contributed by atoms with E-state index in [-0.39, 0.29) is 0 Å². The number of hydrogen-bond acceptors (Lipinski definition) is 12. The Kier molecular flexibility index (Phi) is 17.7. The molecule has 4 fully saturated rings. The molecule has 0 unspecified atom stereocenters. The molecule has 0 amide bonds. The Morgan fingerprint density at radius 3 is 0.911 bits per heavy atom. The largest absolute Gasteiger partial charge is 0.488 e. The van der Waals surface area contributed by atoms with Gasteiger partial charge in [0.1, 0.15) is 26.4 Å². The standard InChI is InChI=1S/C44H74N8O4/c1-45-13-21-49(22-14-45)29-33-53-41-11-9-39(37-43(41)55-35-31-51-25-17-47(3)18-26-51)7-5-6-8-40-10-12-42(54-34-30-50-23-15-46(2)16-24-50)44(38-40)56-36-32-52-27-19-48(4)20-28-52/h9-12,37-38H,5-8,13-36H2,1-4H3. The number of piperazine rings is 4. The third kappa shape index (κ3) is 14.6. The summed E-state index contributed by atoms with van der Waals surface area (Å²) in [6, 6.07) is 13.2. The number of unbranched alkanes of at least 4 members (excludes halogenated alkanes) is 1. The van der Waals surface area contributed by atoms with Crippen LogP contribution < -0.4 is 18.9 Å². The van der Waals surface area contributed by atoms with Crippen LogP contribution in [-0.4, -0.2) is 225 Å². The van der Waals surface area contributed by atoms with Crippen molar-refractivity contribution in [2.75, 3.05) is 186 Å². The van der Waals surface area contributed by atoms with Crippen molar-refractivity contribution in [3.8, 4) is 23.0 Å². The molecule has 0 saturated carbocycles. The van der Waals surface area contributed by atoms with Crippen LogP contribution in [0.1, 0.15) is 24.0 Å². The average molecular weight is 779 g/mol. The molecule has 4 saturated heterocycles. The number of nitrogens with zero attached hydrogens (tertiary/aromatic N) is 8. The maximum Gasteiger partial charge on any atom is 0.161 e. The number of rotatable bonds is 21. The fraction of sp³-hybridized carbons (Fsp3) is 0.727. The highest BCUT2D eigenvalue weighted by atomic mass is 16.5. The van der Waals surface area contributed by atoms with E-state index in [1.54, 1.807) is 0 Å². The SMILES string of the molecule is CN1CCN(CCOc2ccc(CCCCc3ccc(OCCN4CCN(C)CC4)c(OCCN4CCN(C)CC4)c3)cc2OCCN2CCN(C)CC2)CC1. The van der Waals surface area contributed by atoms with E-state index < -0.39 is 0 Å². The summed E-state index contributed by atoms with van der Waals surface area (Å²) in [4.78, 5) is 19.6. The number of hydrogen-bond donors (Lipinski definition) is 0. The molecule has 0 atom stereocenters. The molecule has 12 nitrogen and oxygen atoms in total. The van der Waals surface area contributed by atoms with Crippen molar-refractivity contribution < 1.29 is 18.9 Å². The predicted molar refractivity (Wildman–Crippen MR) is 227 cm³/mol. The maximum atomic E-state index is 6.47. The van der Waals surface area contributed by atoms with E-state index in [1.807, 2.05) is 0 Å². The van der Waals surface area contributed by atoms with Gasteiger partial charge in [-0.25, -0.2) is 0 Å². The topological polar surface area (TPSA) is 62.8 Å². The van der Waals surface area contributed by atoms with E-state index >= 15 is 0 Å². The minimum Gasteiger partial charge on any atom is -0.488 e. The van der Waals surface area contributed by atoms with Crippen LogP contribution in [0.25, 0.3) is 0 Å². The summed E-state index contributed by atoms with van der Waals surface area (Å²) >= 11 is 0. The van der Waals surface area contributed by atoms with Crippen molar-refractivity contribution in [3.63, 3.8) is 0 Å². The van der Waals surface area contributed by atoms with Gasteiger partial charge in [-0.3, -0.25) is 19.6 Å². The highest BCUT2D eigenvalue weighted by Crippen LogP contribution is 2.31. The molecule has 0 radical (unpaired) electrons. The third-order valence-electron chi connectivity index (χ3n) is 12.2. The van der Waals surface area contributed by atoms with E-state index in [1.165, 1.54) is 11.1 Å². The fourth-order valence-electron chi connectivity index (χ4n) is 7.96. The lowest BCUT2D eigenvalue weighted by molar-refractivity contribution is 0.126. The summed E-state index contributed by atoms with van der Waals surface area (Å²) in [5.74, 6) is 3.51. The van der Waals surface area contributed by atoms with Gasteiger partial charge in [-0.15, -0.1) is 0 Å². The number of benzene rings is 2. The van der Waals surface area contributed by atoms with Gasteiger partial charge in [-0.2, -0.15) is 0 Å². The Hall–Kier alpha value is -2.68. The van der Waals surface area contributed by atoms with Crippen molar-refractivity contribution in [2.24, 2.45) is 0 Å². The zero-order chi connectivity index (χ0) is 39.0. The lowest BCUT2D eigenvalue weighted by Crippen LogP contribution is -2.45. The average Bonchev–Trinajstić information content (AvgIpc) is 3.21. The zero-order valence-electron chi connectivity index (χ0n) is 35.5. The minimum atomic E-state index is 0.678. The van der Waals surface area contributed by atoms with Gasteiger partial charge in [0.05, 0.1) is 0 Å². The van der Waals surface area contributed by atoms with Gasteiger partial charge in [0, 0.05) is 131 Å². The van der Waals surface area contributed by atoms with E-state index in [0.717, 1.165) is 180 Å². The van der Waals surface area contributed by atoms with Gasteiger partial charge in [-0.05, 0) is 89.3 Å². The monoisotopic (exact) mass is 779 g/mol. The smallest absolute Gasteiger partial charge is 0.161 e. The summed E-state index contributed by atoms with van der Waals surface area (Å²) in [6.45, 7) is 24.3. The first-order chi connectivity index (χ1) is 27.4. The summed E-state index contributed by atoms with van der Waals surface area (Å²) in [5, 5.41) is 0. The second-order valence-corrected chi connectivity index (χ2v) is 16.7. The molecule has 4 aliphatic heterocycles. The van der Waals surface area contributed by atoms with Gasteiger partial charge in [0.2, 0.25) is 0 Å². The Labute approximate surface area is 339 Å². The molecule has 0 aliphatic carbocycles. The van der Waals surface area contributed by atoms with Crippen molar-refractivity contribution in [3.05, 3.63) is 47.5 Å². The fourth-order valence-corrected chi connectivity index (χ4v) is 7.96. The molecular formula is C44H74N8O4. The first-order valence-electron chi connectivity index (χ1n) is 21.8. The number of aryl methyl sites for hydroxylation is 2. The highest BCUT2D eigenvalue weighted by molar-refractivity contribution is 5.44. The van der Waals surface area contributed by atoms with Crippen LogP contribution >= 0.6 is 0 Å². The van der Waals surface area contributed by atoms with Crippen LogP contribution in [0.2, 0.25) is 0 Å². The molecule has 314 valence electrons. The van der Waals surface area contributed by atoms with Crippen LogP contribution in [0, 0.1) is 0 Å². The van der Waals surface area contributed by atoms with E-state index in [0.29, 0.717) is 26.4 Å². The van der Waals surface area contributed by atoms with Gasteiger partial charge >= 0.3 is 0 Å². The summed E-state index contributed by atoms with van der Waals surface area (Å²) < 4.78 is 25.7. The normalized spacial score (nSPS) is 20.7. The third-order valence-corrected chi connectivity index (χ3v) is 12.2. The summed E-state index contributed by atoms with van der Waals surface area (Å²) in [7, 11) is 8.81. The molecule has 2 aromatic rings. The molecule has 0 aromatic heterocycles. The van der Waals surface area contributed by atoms with Crippen molar-refractivity contribution >= 4 is 0 Å². The molecule has 6 rings (SSSR count). The molecule has 0 spiro atoms. The molecule has 0 bridgehead atoms. The van der Waals surface area contributed by atoms with Gasteiger partial charge < -0.3 is 38.5 Å². The molecule has 0 N–H and O–H groups in total. The Balaban J connectivity index is 0.999. The molecule has 2 aromatic carbocycles. The number of likely N-dealkylation sites (N-methyl/N-ethyl adjacent to an activating group) is 4. The second kappa shape index (κ2) is 23.0. The van der Waals surface area contributed by atoms with Crippen molar-refractivity contribution in [2.45, 2.75) is 25.7 Å². The van der Waals surface area contributed by atoms with E-state index in [4.69, 9.17) is 18.9 Å². The van der Waals surface area contributed by atoms with Gasteiger partial charge in [-0.1, -0.05) is 12.1 Å². The Bertz CT molecular complexity index is 1300. The van der Waals surface area contributed by atoms with Gasteiger partial charge in [0.15, 0.2) is 23.0 Å². The van der Waals surface area contributed by atoms with Crippen LogP contribution in [0.15, 0.2) is 36.4 Å². The summed E-state index contributed by atoms with van der Waals surface area (Å²) in [5.41, 5.74) is 2.62. The molecule has 56 heavy (non-hydrogen) atoms. The van der Waals surface area contributed by atoms with Crippen LogP contribution in [0.5, 0.6) is 23.0 Å². The lowest BCUT2D eigenvalue weighted by atomic mass is 10.0. The predicted octanol–water partition coefficient (Wildman–Crippen LogP) is 2.76. The quantitative estimate of drug-likeness (QED) is 0.175. The maximum absolute atomic E-state index is 6.47. The first kappa shape index (κ1) is 42.9. The minimum absolute atomic E-state index is 0.678. The van der Waals surface area contributed by atoms with E-state index in [9.17, 15) is 0 Å². The molecule has 4 heterocycles. The molecular weight excluding hydrogens is 705 g/mol. The zero-order valence-corrected chi connectivity index (χ0v) is 35.5. The van der Waals surface area contributed by atoms with E-state index in [2.05, 4.69) is 104 Å². The van der Waals surface area contributed by atoms with Crippen LogP contribution in [0.3, 0.4) is 0 Å². The molecule has 4 aliphatic rings. The lowest BCUT2D eigenvalue weighted by Gasteiger charge is -2.32. The second-order valence-electron chi connectivity index (χ2n) is 16.7. The van der Waals surface area contributed by atoms with Crippen molar-refractivity contribution in [1.29, 1.82) is 0 Å². The molecule has 12 heteroatoms. The Morgan fingerprint density at radius 1 is 0.357 bits per heavy atom. The first-order valence-corrected chi connectivity index (χ1v) is 21.8. The highest BCUT2D eigenvalue weighted by Gasteiger charge is 2.18.